The summed E-state index contributed by atoms with van der Waals surface area (Å²) in [6, 6.07) is 4.17. The van der Waals surface area contributed by atoms with Crippen LogP contribution in [0.3, 0.4) is 0 Å². The van der Waals surface area contributed by atoms with Gasteiger partial charge in [-0.3, -0.25) is 14.9 Å². The summed E-state index contributed by atoms with van der Waals surface area (Å²) in [4.78, 5) is 27.1. The van der Waals surface area contributed by atoms with Gasteiger partial charge in [0.1, 0.15) is 11.0 Å². The molecule has 9 heteroatoms. The number of benzene rings is 1. The average Bonchev–Trinajstić information content (AvgIpc) is 3.14. The van der Waals surface area contributed by atoms with Gasteiger partial charge in [-0.25, -0.2) is 0 Å². The molecule has 4 rings (SSSR count). The number of amides is 2. The van der Waals surface area contributed by atoms with E-state index in [1.54, 1.807) is 23.1 Å². The van der Waals surface area contributed by atoms with Crippen LogP contribution in [0.15, 0.2) is 18.2 Å². The molecule has 1 saturated heterocycles. The average molecular weight is 411 g/mol. The summed E-state index contributed by atoms with van der Waals surface area (Å²) in [5, 5.41) is 13.2. The highest BCUT2D eigenvalue weighted by Gasteiger charge is 2.35. The van der Waals surface area contributed by atoms with E-state index in [2.05, 4.69) is 15.5 Å². The Hall–Kier alpha value is -1.70. The first kappa shape index (κ1) is 17.7. The van der Waals surface area contributed by atoms with Crippen molar-refractivity contribution in [3.05, 3.63) is 38.8 Å². The summed E-state index contributed by atoms with van der Waals surface area (Å²) in [5.41, 5.74) is 0.383. The van der Waals surface area contributed by atoms with Gasteiger partial charge in [0.15, 0.2) is 0 Å². The van der Waals surface area contributed by atoms with Crippen LogP contribution in [0, 0.1) is 0 Å². The number of halogens is 2. The molecule has 2 heterocycles. The van der Waals surface area contributed by atoms with Gasteiger partial charge < -0.3 is 4.90 Å². The van der Waals surface area contributed by atoms with Gasteiger partial charge in [-0.15, -0.1) is 10.2 Å². The Morgan fingerprint density at radius 2 is 1.85 bits per heavy atom. The molecule has 1 atom stereocenters. The fraction of sp³-hybridized carbons (Fsp3) is 0.412. The van der Waals surface area contributed by atoms with E-state index in [-0.39, 0.29) is 11.8 Å². The first-order valence-electron chi connectivity index (χ1n) is 8.42. The Morgan fingerprint density at radius 1 is 1.12 bits per heavy atom. The molecule has 0 radical (unpaired) electrons. The lowest BCUT2D eigenvalue weighted by Crippen LogP contribution is -2.43. The highest BCUT2D eigenvalue weighted by molar-refractivity contribution is 7.15. The molecule has 0 bridgehead atoms. The minimum absolute atomic E-state index is 0.234. The molecule has 1 aliphatic carbocycles. The van der Waals surface area contributed by atoms with Crippen molar-refractivity contribution in [1.29, 1.82) is 0 Å². The molecule has 6 nitrogen and oxygen atoms in total. The highest BCUT2D eigenvalue weighted by atomic mass is 35.5. The Kier molecular flexibility index (Phi) is 4.86. The monoisotopic (exact) mass is 410 g/mol. The van der Waals surface area contributed by atoms with Crippen molar-refractivity contribution in [1.82, 2.24) is 15.1 Å². The first-order chi connectivity index (χ1) is 12.5. The van der Waals surface area contributed by atoms with Gasteiger partial charge in [-0.1, -0.05) is 34.5 Å². The summed E-state index contributed by atoms with van der Waals surface area (Å²) in [5.74, 6) is 0.0146. The van der Waals surface area contributed by atoms with E-state index in [9.17, 15) is 9.59 Å². The second-order valence-corrected chi connectivity index (χ2v) is 8.41. The van der Waals surface area contributed by atoms with E-state index >= 15 is 0 Å². The van der Waals surface area contributed by atoms with Gasteiger partial charge in [0.05, 0.1) is 0 Å². The largest absolute Gasteiger partial charge is 0.327 e. The molecule has 2 fully saturated rings. The molecule has 26 heavy (non-hydrogen) atoms. The molecular formula is C17H16Cl2N4O2S. The lowest BCUT2D eigenvalue weighted by molar-refractivity contribution is -0.119. The number of anilines is 1. The van der Waals surface area contributed by atoms with Crippen molar-refractivity contribution in [3.63, 3.8) is 0 Å². The standard InChI is InChI=1S/C17H16Cl2N4O2S/c18-11-6-10(7-12(19)8-11)16(25)23-5-1-2-13(23)14(24)20-17-22-21-15(26-17)9-3-4-9/h6-9,13H,1-5H2,(H,20,22,24)/t13-/m0/s1. The summed E-state index contributed by atoms with van der Waals surface area (Å²) in [7, 11) is 0. The number of hydrogen-bond acceptors (Lipinski definition) is 5. The van der Waals surface area contributed by atoms with Gasteiger partial charge in [-0.2, -0.15) is 0 Å². The maximum Gasteiger partial charge on any atom is 0.254 e. The summed E-state index contributed by atoms with van der Waals surface area (Å²) >= 11 is 13.4. The van der Waals surface area contributed by atoms with E-state index in [4.69, 9.17) is 23.2 Å². The molecule has 2 aliphatic rings. The molecule has 0 spiro atoms. The maximum atomic E-state index is 12.8. The van der Waals surface area contributed by atoms with E-state index in [0.29, 0.717) is 39.6 Å². The lowest BCUT2D eigenvalue weighted by Gasteiger charge is -2.23. The smallest absolute Gasteiger partial charge is 0.254 e. The molecule has 1 aromatic carbocycles. The Morgan fingerprint density at radius 3 is 2.54 bits per heavy atom. The van der Waals surface area contributed by atoms with Crippen molar-refractivity contribution in [2.24, 2.45) is 0 Å². The molecule has 2 amide bonds. The van der Waals surface area contributed by atoms with Crippen LogP contribution in [0.5, 0.6) is 0 Å². The minimum atomic E-state index is -0.534. The van der Waals surface area contributed by atoms with Crippen LogP contribution >= 0.6 is 34.5 Å². The zero-order valence-corrected chi connectivity index (χ0v) is 16.1. The van der Waals surface area contributed by atoms with Crippen LogP contribution in [0.1, 0.15) is 47.0 Å². The summed E-state index contributed by atoms with van der Waals surface area (Å²) < 4.78 is 0. The third kappa shape index (κ3) is 3.70. The predicted molar refractivity (Wildman–Crippen MR) is 101 cm³/mol. The topological polar surface area (TPSA) is 75.2 Å². The van der Waals surface area contributed by atoms with Gasteiger partial charge in [0.25, 0.3) is 5.91 Å². The first-order valence-corrected chi connectivity index (χ1v) is 10.00. The van der Waals surface area contributed by atoms with Crippen molar-refractivity contribution >= 4 is 51.5 Å². The van der Waals surface area contributed by atoms with E-state index in [1.165, 1.54) is 11.3 Å². The molecule has 1 aliphatic heterocycles. The number of hydrogen-bond donors (Lipinski definition) is 1. The van der Waals surface area contributed by atoms with Crippen molar-refractivity contribution < 1.29 is 9.59 Å². The van der Waals surface area contributed by atoms with Gasteiger partial charge in [-0.05, 0) is 43.9 Å². The Balaban J connectivity index is 1.47. The van der Waals surface area contributed by atoms with Crippen LogP contribution in [0.4, 0.5) is 5.13 Å². The van der Waals surface area contributed by atoms with Crippen LogP contribution in [0.25, 0.3) is 0 Å². The van der Waals surface area contributed by atoms with Crippen LogP contribution < -0.4 is 5.32 Å². The summed E-state index contributed by atoms with van der Waals surface area (Å²) in [6.45, 7) is 0.518. The number of nitrogens with one attached hydrogen (secondary N) is 1. The SMILES string of the molecule is O=C(Nc1nnc(C2CC2)s1)[C@@H]1CCCN1C(=O)c1cc(Cl)cc(Cl)c1. The zero-order chi connectivity index (χ0) is 18.3. The molecule has 2 aromatic rings. The van der Waals surface area contributed by atoms with E-state index < -0.39 is 6.04 Å². The number of carbonyl (C=O) groups excluding carboxylic acids is 2. The molecule has 1 aromatic heterocycles. The quantitative estimate of drug-likeness (QED) is 0.826. The third-order valence-corrected chi connectivity index (χ3v) is 5.96. The van der Waals surface area contributed by atoms with Crippen LogP contribution in [-0.2, 0) is 4.79 Å². The van der Waals surface area contributed by atoms with Crippen molar-refractivity contribution in [2.45, 2.75) is 37.6 Å². The number of aromatic nitrogens is 2. The zero-order valence-electron chi connectivity index (χ0n) is 13.7. The Labute approximate surface area is 164 Å². The Bertz CT molecular complexity index is 848. The predicted octanol–water partition coefficient (Wildman–Crippen LogP) is 3.97. The number of rotatable bonds is 4. The normalized spacial score (nSPS) is 19.6. The van der Waals surface area contributed by atoms with Crippen molar-refractivity contribution in [2.75, 3.05) is 11.9 Å². The number of nitrogens with zero attached hydrogens (tertiary/aromatic N) is 3. The van der Waals surface area contributed by atoms with Gasteiger partial charge >= 0.3 is 0 Å². The molecule has 1 N–H and O–H groups in total. The second kappa shape index (κ2) is 7.13. The fourth-order valence-corrected chi connectivity index (χ4v) is 4.54. The number of carbonyl (C=O) groups is 2. The van der Waals surface area contributed by atoms with E-state index in [0.717, 1.165) is 24.3 Å². The molecule has 1 saturated carbocycles. The van der Waals surface area contributed by atoms with Gasteiger partial charge in [0.2, 0.25) is 11.0 Å². The maximum absolute atomic E-state index is 12.8. The van der Waals surface area contributed by atoms with Gasteiger partial charge in [0, 0.05) is 28.1 Å². The molecule has 0 unspecified atom stereocenters. The third-order valence-electron chi connectivity index (χ3n) is 4.52. The van der Waals surface area contributed by atoms with Crippen LogP contribution in [0.2, 0.25) is 10.0 Å². The molecular weight excluding hydrogens is 395 g/mol. The lowest BCUT2D eigenvalue weighted by atomic mass is 10.1. The summed E-state index contributed by atoms with van der Waals surface area (Å²) in [6.07, 6.45) is 3.65. The number of likely N-dealkylation sites (tertiary alicyclic amines) is 1. The van der Waals surface area contributed by atoms with Crippen LogP contribution in [-0.4, -0.2) is 39.5 Å². The fourth-order valence-electron chi connectivity index (χ4n) is 3.09. The van der Waals surface area contributed by atoms with E-state index in [1.807, 2.05) is 0 Å². The highest BCUT2D eigenvalue weighted by Crippen LogP contribution is 2.42. The molecule has 136 valence electrons. The van der Waals surface area contributed by atoms with Crippen molar-refractivity contribution in [3.8, 4) is 0 Å². The minimum Gasteiger partial charge on any atom is -0.327 e. The second-order valence-electron chi connectivity index (χ2n) is 6.52.